The predicted octanol–water partition coefficient (Wildman–Crippen LogP) is 3.39. The van der Waals surface area contributed by atoms with Crippen LogP contribution in [0.5, 0.6) is 0 Å². The van der Waals surface area contributed by atoms with Crippen molar-refractivity contribution in [3.8, 4) is 0 Å². The van der Waals surface area contributed by atoms with Crippen LogP contribution in [0.3, 0.4) is 0 Å². The van der Waals surface area contributed by atoms with Crippen LogP contribution in [-0.2, 0) is 0 Å². The van der Waals surface area contributed by atoms with Gasteiger partial charge < -0.3 is 5.32 Å². The molecule has 2 rings (SSSR count). The van der Waals surface area contributed by atoms with Gasteiger partial charge in [-0.05, 0) is 24.3 Å². The highest BCUT2D eigenvalue weighted by Crippen LogP contribution is 2.15. The molecule has 0 spiro atoms. The van der Waals surface area contributed by atoms with Gasteiger partial charge in [0.15, 0.2) is 0 Å². The van der Waals surface area contributed by atoms with Crippen molar-refractivity contribution in [3.05, 3.63) is 65.2 Å². The average Bonchev–Trinajstić information content (AvgIpc) is 2.30. The molecular weight excluding hydrogens is 222 g/mol. The van der Waals surface area contributed by atoms with Crippen LogP contribution >= 0.6 is 11.6 Å². The van der Waals surface area contributed by atoms with Crippen LogP contribution in [0.25, 0.3) is 0 Å². The summed E-state index contributed by atoms with van der Waals surface area (Å²) in [6, 6.07) is 16.9. The third-order valence-electron chi connectivity index (χ3n) is 2.06. The van der Waals surface area contributed by atoms with Gasteiger partial charge in [-0.25, -0.2) is 0 Å². The summed E-state index contributed by atoms with van der Waals surface area (Å²) in [4.78, 5) is 11.8. The number of hydrogen-bond acceptors (Lipinski definition) is 1. The number of rotatable bonds is 2. The van der Waals surface area contributed by atoms with E-state index in [2.05, 4.69) is 11.4 Å². The maximum atomic E-state index is 11.8. The lowest BCUT2D eigenvalue weighted by Gasteiger charge is -2.04. The average molecular weight is 231 g/mol. The van der Waals surface area contributed by atoms with E-state index < -0.39 is 0 Å². The fraction of sp³-hybridized carbons (Fsp3) is 0. The standard InChI is InChI=1S/C13H9ClNO/c14-11-7-4-8-12(9-11)15-13(16)10-5-2-1-3-6-10/h1-6,8-9H,(H,15,16). The second-order valence-electron chi connectivity index (χ2n) is 3.25. The maximum Gasteiger partial charge on any atom is 0.255 e. The molecule has 1 N–H and O–H groups in total. The van der Waals surface area contributed by atoms with Gasteiger partial charge in [-0.2, -0.15) is 0 Å². The molecule has 2 aromatic carbocycles. The zero-order valence-corrected chi connectivity index (χ0v) is 9.16. The third kappa shape index (κ3) is 2.61. The first-order valence-electron chi connectivity index (χ1n) is 4.79. The lowest BCUT2D eigenvalue weighted by atomic mass is 10.2. The molecule has 0 aliphatic carbocycles. The molecule has 0 saturated carbocycles. The van der Waals surface area contributed by atoms with Crippen LogP contribution < -0.4 is 5.32 Å². The molecule has 0 saturated heterocycles. The van der Waals surface area contributed by atoms with Crippen LogP contribution in [0, 0.1) is 6.07 Å². The number of anilines is 1. The van der Waals surface area contributed by atoms with Crippen molar-refractivity contribution >= 4 is 23.2 Å². The molecule has 2 aromatic rings. The van der Waals surface area contributed by atoms with Crippen LogP contribution in [0.4, 0.5) is 5.69 Å². The summed E-state index contributed by atoms with van der Waals surface area (Å²) in [7, 11) is 0. The number of benzene rings is 2. The Labute approximate surface area is 98.9 Å². The number of amides is 1. The number of carbonyl (C=O) groups excluding carboxylic acids is 1. The smallest absolute Gasteiger partial charge is 0.255 e. The molecule has 3 heteroatoms. The monoisotopic (exact) mass is 230 g/mol. The maximum absolute atomic E-state index is 11.8. The fourth-order valence-corrected chi connectivity index (χ4v) is 1.49. The lowest BCUT2D eigenvalue weighted by Crippen LogP contribution is -2.11. The molecule has 0 atom stereocenters. The summed E-state index contributed by atoms with van der Waals surface area (Å²) in [5.41, 5.74) is 1.28. The van der Waals surface area contributed by atoms with Gasteiger partial charge in [0, 0.05) is 17.3 Å². The second-order valence-corrected chi connectivity index (χ2v) is 3.65. The van der Waals surface area contributed by atoms with Crippen molar-refractivity contribution < 1.29 is 4.79 Å². The van der Waals surface area contributed by atoms with Gasteiger partial charge in [0.05, 0.1) is 5.02 Å². The van der Waals surface area contributed by atoms with Crippen molar-refractivity contribution in [2.24, 2.45) is 0 Å². The highest BCUT2D eigenvalue weighted by molar-refractivity contribution is 6.30. The van der Waals surface area contributed by atoms with E-state index in [9.17, 15) is 4.79 Å². The Morgan fingerprint density at radius 3 is 2.62 bits per heavy atom. The number of hydrogen-bond donors (Lipinski definition) is 1. The van der Waals surface area contributed by atoms with Crippen LogP contribution in [0.1, 0.15) is 10.4 Å². The Morgan fingerprint density at radius 2 is 1.94 bits per heavy atom. The molecule has 0 aliphatic heterocycles. The first-order chi connectivity index (χ1) is 7.75. The van der Waals surface area contributed by atoms with Crippen molar-refractivity contribution in [1.82, 2.24) is 0 Å². The van der Waals surface area contributed by atoms with Gasteiger partial charge in [0.1, 0.15) is 0 Å². The fourth-order valence-electron chi connectivity index (χ4n) is 1.31. The van der Waals surface area contributed by atoms with Gasteiger partial charge in [-0.3, -0.25) is 4.79 Å². The molecular formula is C13H9ClNO. The second kappa shape index (κ2) is 4.81. The zero-order chi connectivity index (χ0) is 11.4. The topological polar surface area (TPSA) is 29.1 Å². The molecule has 0 bridgehead atoms. The molecule has 2 nitrogen and oxygen atoms in total. The minimum absolute atomic E-state index is 0.150. The Kier molecular flexibility index (Phi) is 3.22. The summed E-state index contributed by atoms with van der Waals surface area (Å²) >= 11 is 5.77. The van der Waals surface area contributed by atoms with E-state index in [4.69, 9.17) is 11.6 Å². The van der Waals surface area contributed by atoms with Gasteiger partial charge in [-0.15, -0.1) is 0 Å². The molecule has 1 amide bonds. The van der Waals surface area contributed by atoms with E-state index in [1.165, 1.54) is 0 Å². The molecule has 79 valence electrons. The summed E-state index contributed by atoms with van der Waals surface area (Å²) in [5, 5.41) is 3.23. The van der Waals surface area contributed by atoms with E-state index in [-0.39, 0.29) is 5.91 Å². The quantitative estimate of drug-likeness (QED) is 0.842. The number of halogens is 1. The third-order valence-corrected chi connectivity index (χ3v) is 2.28. The lowest BCUT2D eigenvalue weighted by molar-refractivity contribution is 0.102. The largest absolute Gasteiger partial charge is 0.322 e. The number of carbonyl (C=O) groups is 1. The first-order valence-corrected chi connectivity index (χ1v) is 5.17. The Balaban J connectivity index is 2.14. The van der Waals surface area contributed by atoms with Crippen molar-refractivity contribution in [2.45, 2.75) is 0 Å². The van der Waals surface area contributed by atoms with Gasteiger partial charge in [-0.1, -0.05) is 35.9 Å². The van der Waals surface area contributed by atoms with E-state index in [1.807, 2.05) is 18.2 Å². The summed E-state index contributed by atoms with van der Waals surface area (Å²) in [6.45, 7) is 0. The number of nitrogens with one attached hydrogen (secondary N) is 1. The van der Waals surface area contributed by atoms with Crippen molar-refractivity contribution in [3.63, 3.8) is 0 Å². The van der Waals surface area contributed by atoms with Crippen molar-refractivity contribution in [2.75, 3.05) is 5.32 Å². The molecule has 0 heterocycles. The summed E-state index contributed by atoms with van der Waals surface area (Å²) < 4.78 is 0. The van der Waals surface area contributed by atoms with Crippen LogP contribution in [-0.4, -0.2) is 5.91 Å². The molecule has 0 aromatic heterocycles. The molecule has 0 unspecified atom stereocenters. The molecule has 0 fully saturated rings. The summed E-state index contributed by atoms with van der Waals surface area (Å²) in [6.07, 6.45) is 0. The van der Waals surface area contributed by atoms with Gasteiger partial charge in [0.25, 0.3) is 5.91 Å². The van der Waals surface area contributed by atoms with Crippen molar-refractivity contribution in [1.29, 1.82) is 0 Å². The SMILES string of the molecule is O=C(Nc1cc[c]c(Cl)c1)c1ccccc1. The minimum Gasteiger partial charge on any atom is -0.322 e. The van der Waals surface area contributed by atoms with Gasteiger partial charge >= 0.3 is 0 Å². The minimum atomic E-state index is -0.150. The van der Waals surface area contributed by atoms with E-state index in [0.717, 1.165) is 0 Å². The van der Waals surface area contributed by atoms with E-state index >= 15 is 0 Å². The Hall–Kier alpha value is -1.80. The van der Waals surface area contributed by atoms with E-state index in [0.29, 0.717) is 16.3 Å². The predicted molar refractivity (Wildman–Crippen MR) is 64.7 cm³/mol. The zero-order valence-electron chi connectivity index (χ0n) is 8.41. The normalized spacial score (nSPS) is 9.81. The molecule has 0 aliphatic rings. The highest BCUT2D eigenvalue weighted by Gasteiger charge is 2.04. The molecule has 16 heavy (non-hydrogen) atoms. The molecule has 1 radical (unpaired) electrons. The Morgan fingerprint density at radius 1 is 1.19 bits per heavy atom. The van der Waals surface area contributed by atoms with Crippen LogP contribution in [0.2, 0.25) is 5.02 Å². The summed E-state index contributed by atoms with van der Waals surface area (Å²) in [5.74, 6) is -0.150. The van der Waals surface area contributed by atoms with Gasteiger partial charge in [0.2, 0.25) is 0 Å². The first kappa shape index (κ1) is 10.7. The van der Waals surface area contributed by atoms with E-state index in [1.54, 1.807) is 30.3 Å². The Bertz CT molecular complexity index is 496. The highest BCUT2D eigenvalue weighted by atomic mass is 35.5. The van der Waals surface area contributed by atoms with Crippen LogP contribution in [0.15, 0.2) is 48.5 Å².